The van der Waals surface area contributed by atoms with E-state index in [1.165, 1.54) is 10.6 Å². The minimum atomic E-state index is -3.26. The van der Waals surface area contributed by atoms with Gasteiger partial charge in [-0.05, 0) is 24.5 Å². The minimum Gasteiger partial charge on any atom is -0.375 e. The number of ether oxygens (including phenoxy) is 1. The van der Waals surface area contributed by atoms with Gasteiger partial charge in [0.05, 0.1) is 31.4 Å². The SMILES string of the molecule is CS(=O)(=O)N1CCOC2CCN(C(=O)Cc3cccnc3)CCC21. The van der Waals surface area contributed by atoms with Crippen LogP contribution >= 0.6 is 0 Å². The van der Waals surface area contributed by atoms with Crippen molar-refractivity contribution in [2.75, 3.05) is 32.5 Å². The zero-order valence-electron chi connectivity index (χ0n) is 13.8. The number of morpholine rings is 1. The second-order valence-corrected chi connectivity index (χ2v) is 8.28. The van der Waals surface area contributed by atoms with Crippen molar-refractivity contribution >= 4 is 15.9 Å². The van der Waals surface area contributed by atoms with E-state index in [0.29, 0.717) is 45.5 Å². The van der Waals surface area contributed by atoms with E-state index >= 15 is 0 Å². The second-order valence-electron chi connectivity index (χ2n) is 6.35. The molecule has 2 fully saturated rings. The molecule has 132 valence electrons. The number of pyridine rings is 1. The fourth-order valence-electron chi connectivity index (χ4n) is 3.50. The number of carbonyl (C=O) groups is 1. The molecule has 1 aromatic rings. The van der Waals surface area contributed by atoms with Crippen LogP contribution in [0.1, 0.15) is 18.4 Å². The standard InChI is InChI=1S/C16H23N3O4S/c1-24(21,22)19-9-10-23-15-5-8-18(7-4-14(15)19)16(20)11-13-3-2-6-17-12-13/h2-3,6,12,14-15H,4-5,7-11H2,1H3. The summed E-state index contributed by atoms with van der Waals surface area (Å²) in [5.74, 6) is 0.0487. The maximum Gasteiger partial charge on any atom is 0.227 e. The number of nitrogens with zero attached hydrogens (tertiary/aromatic N) is 3. The van der Waals surface area contributed by atoms with Crippen LogP contribution in [0.4, 0.5) is 0 Å². The summed E-state index contributed by atoms with van der Waals surface area (Å²) in [6.45, 7) is 1.95. The molecule has 2 unspecified atom stereocenters. The number of fused-ring (bicyclic) bond motifs is 1. The van der Waals surface area contributed by atoms with Gasteiger partial charge >= 0.3 is 0 Å². The third-order valence-electron chi connectivity index (χ3n) is 4.68. The summed E-state index contributed by atoms with van der Waals surface area (Å²) >= 11 is 0. The van der Waals surface area contributed by atoms with Gasteiger partial charge in [0.2, 0.25) is 15.9 Å². The van der Waals surface area contributed by atoms with Gasteiger partial charge in [-0.25, -0.2) is 8.42 Å². The number of likely N-dealkylation sites (tertiary alicyclic amines) is 1. The highest BCUT2D eigenvalue weighted by atomic mass is 32.2. The third-order valence-corrected chi connectivity index (χ3v) is 5.98. The summed E-state index contributed by atoms with van der Waals surface area (Å²) < 4.78 is 31.3. The first-order valence-electron chi connectivity index (χ1n) is 8.20. The number of amides is 1. The largest absolute Gasteiger partial charge is 0.375 e. The maximum atomic E-state index is 12.5. The van der Waals surface area contributed by atoms with E-state index in [9.17, 15) is 13.2 Å². The van der Waals surface area contributed by atoms with E-state index in [4.69, 9.17) is 4.74 Å². The van der Waals surface area contributed by atoms with Crippen LogP contribution in [0.5, 0.6) is 0 Å². The summed E-state index contributed by atoms with van der Waals surface area (Å²) in [7, 11) is -3.26. The van der Waals surface area contributed by atoms with E-state index in [2.05, 4.69) is 4.98 Å². The van der Waals surface area contributed by atoms with Gasteiger partial charge in [-0.3, -0.25) is 9.78 Å². The fourth-order valence-corrected chi connectivity index (χ4v) is 4.63. The molecule has 0 N–H and O–H groups in total. The number of hydrogen-bond donors (Lipinski definition) is 0. The normalized spacial score (nSPS) is 25.8. The third kappa shape index (κ3) is 3.93. The van der Waals surface area contributed by atoms with Crippen LogP contribution in [0, 0.1) is 0 Å². The van der Waals surface area contributed by atoms with Gasteiger partial charge in [0.1, 0.15) is 0 Å². The molecule has 24 heavy (non-hydrogen) atoms. The lowest BCUT2D eigenvalue weighted by atomic mass is 10.0. The smallest absolute Gasteiger partial charge is 0.227 e. The van der Waals surface area contributed by atoms with Crippen LogP contribution in [-0.4, -0.2) is 73.2 Å². The zero-order chi connectivity index (χ0) is 17.2. The Morgan fingerprint density at radius 1 is 1.33 bits per heavy atom. The highest BCUT2D eigenvalue weighted by Gasteiger charge is 2.39. The lowest BCUT2D eigenvalue weighted by Gasteiger charge is -2.38. The Morgan fingerprint density at radius 3 is 2.83 bits per heavy atom. The van der Waals surface area contributed by atoms with Crippen LogP contribution in [-0.2, 0) is 26.0 Å². The molecule has 3 heterocycles. The van der Waals surface area contributed by atoms with Crippen molar-refractivity contribution in [2.24, 2.45) is 0 Å². The molecular formula is C16H23N3O4S. The molecule has 2 atom stereocenters. The molecule has 7 nitrogen and oxygen atoms in total. The predicted octanol–water partition coefficient (Wildman–Crippen LogP) is 0.276. The lowest BCUT2D eigenvalue weighted by molar-refractivity contribution is -0.130. The maximum absolute atomic E-state index is 12.5. The Hall–Kier alpha value is -1.51. The molecule has 3 rings (SSSR count). The first kappa shape index (κ1) is 17.3. The van der Waals surface area contributed by atoms with Crippen LogP contribution in [0.2, 0.25) is 0 Å². The van der Waals surface area contributed by atoms with Gasteiger partial charge < -0.3 is 9.64 Å². The molecule has 2 aliphatic heterocycles. The number of aromatic nitrogens is 1. The van der Waals surface area contributed by atoms with Crippen molar-refractivity contribution in [1.29, 1.82) is 0 Å². The van der Waals surface area contributed by atoms with Crippen molar-refractivity contribution in [3.05, 3.63) is 30.1 Å². The quantitative estimate of drug-likeness (QED) is 0.780. The second kappa shape index (κ2) is 7.16. The summed E-state index contributed by atoms with van der Waals surface area (Å²) in [6, 6.07) is 3.53. The zero-order valence-corrected chi connectivity index (χ0v) is 14.6. The highest BCUT2D eigenvalue weighted by molar-refractivity contribution is 7.88. The lowest BCUT2D eigenvalue weighted by Crippen LogP contribution is -2.53. The van der Waals surface area contributed by atoms with Crippen molar-refractivity contribution in [2.45, 2.75) is 31.4 Å². The van der Waals surface area contributed by atoms with Gasteiger partial charge in [-0.1, -0.05) is 6.07 Å². The van der Waals surface area contributed by atoms with E-state index in [0.717, 1.165) is 5.56 Å². The van der Waals surface area contributed by atoms with E-state index < -0.39 is 10.0 Å². The monoisotopic (exact) mass is 353 g/mol. The topological polar surface area (TPSA) is 79.8 Å². The molecule has 1 aromatic heterocycles. The van der Waals surface area contributed by atoms with Crippen molar-refractivity contribution in [3.8, 4) is 0 Å². The molecule has 0 radical (unpaired) electrons. The van der Waals surface area contributed by atoms with E-state index in [1.807, 2.05) is 17.0 Å². The van der Waals surface area contributed by atoms with Crippen LogP contribution in [0.15, 0.2) is 24.5 Å². The summed E-state index contributed by atoms with van der Waals surface area (Å²) in [5, 5.41) is 0. The summed E-state index contributed by atoms with van der Waals surface area (Å²) in [6.07, 6.45) is 6.08. The predicted molar refractivity (Wildman–Crippen MR) is 88.8 cm³/mol. The van der Waals surface area contributed by atoms with Crippen LogP contribution in [0.3, 0.4) is 0 Å². The van der Waals surface area contributed by atoms with Gasteiger partial charge in [0.15, 0.2) is 0 Å². The number of hydrogen-bond acceptors (Lipinski definition) is 5. The molecule has 0 saturated carbocycles. The van der Waals surface area contributed by atoms with Crippen LogP contribution < -0.4 is 0 Å². The van der Waals surface area contributed by atoms with E-state index in [-0.39, 0.29) is 18.1 Å². The number of sulfonamides is 1. The Kier molecular flexibility index (Phi) is 5.17. The molecule has 0 bridgehead atoms. The summed E-state index contributed by atoms with van der Waals surface area (Å²) in [4.78, 5) is 18.4. The minimum absolute atomic E-state index is 0.0487. The van der Waals surface area contributed by atoms with Crippen molar-refractivity contribution in [1.82, 2.24) is 14.2 Å². The Labute approximate surface area is 142 Å². The molecule has 1 amide bonds. The molecule has 2 saturated heterocycles. The fraction of sp³-hybridized carbons (Fsp3) is 0.625. The summed E-state index contributed by atoms with van der Waals surface area (Å²) in [5.41, 5.74) is 0.887. The molecule has 0 aromatic carbocycles. The first-order valence-corrected chi connectivity index (χ1v) is 10.0. The Morgan fingerprint density at radius 2 is 2.12 bits per heavy atom. The Bertz CT molecular complexity index is 680. The molecular weight excluding hydrogens is 330 g/mol. The van der Waals surface area contributed by atoms with E-state index in [1.54, 1.807) is 12.4 Å². The number of carbonyl (C=O) groups excluding carboxylic acids is 1. The average Bonchev–Trinajstić information content (AvgIpc) is 2.77. The molecule has 8 heteroatoms. The highest BCUT2D eigenvalue weighted by Crippen LogP contribution is 2.25. The molecule has 0 aliphatic carbocycles. The number of rotatable bonds is 3. The van der Waals surface area contributed by atoms with Crippen LogP contribution in [0.25, 0.3) is 0 Å². The van der Waals surface area contributed by atoms with Gasteiger partial charge in [0.25, 0.3) is 0 Å². The molecule has 2 aliphatic rings. The Balaban J connectivity index is 1.67. The average molecular weight is 353 g/mol. The first-order chi connectivity index (χ1) is 11.4. The van der Waals surface area contributed by atoms with Gasteiger partial charge in [-0.15, -0.1) is 0 Å². The van der Waals surface area contributed by atoms with Gasteiger partial charge in [-0.2, -0.15) is 4.31 Å². The van der Waals surface area contributed by atoms with Crippen molar-refractivity contribution in [3.63, 3.8) is 0 Å². The van der Waals surface area contributed by atoms with Crippen molar-refractivity contribution < 1.29 is 17.9 Å². The van der Waals surface area contributed by atoms with Gasteiger partial charge in [0, 0.05) is 32.0 Å². The molecule has 0 spiro atoms.